The quantitative estimate of drug-likeness (QED) is 0.749. The van der Waals surface area contributed by atoms with Gasteiger partial charge in [0, 0.05) is 19.6 Å². The van der Waals surface area contributed by atoms with Crippen LogP contribution in [0.4, 0.5) is 0 Å². The summed E-state index contributed by atoms with van der Waals surface area (Å²) in [6.45, 7) is 1.72. The molecule has 1 fully saturated rings. The molecule has 1 amide bonds. The minimum absolute atomic E-state index is 0.176. The van der Waals surface area contributed by atoms with Crippen LogP contribution in [0, 0.1) is 5.92 Å². The van der Waals surface area contributed by atoms with Crippen LogP contribution in [0.15, 0.2) is 24.3 Å². The molecule has 0 bridgehead atoms. The van der Waals surface area contributed by atoms with Crippen molar-refractivity contribution in [2.75, 3.05) is 20.3 Å². The highest BCUT2D eigenvalue weighted by molar-refractivity contribution is 5.80. The lowest BCUT2D eigenvalue weighted by atomic mass is 10.2. The number of benzene rings is 1. The average molecular weight is 249 g/mol. The molecule has 18 heavy (non-hydrogen) atoms. The normalized spacial score (nSPS) is 14.3. The average Bonchev–Trinajstić information content (AvgIpc) is 3.22. The minimum Gasteiger partial charge on any atom is -0.491 e. The maximum absolute atomic E-state index is 11.5. The highest BCUT2D eigenvalue weighted by Crippen LogP contribution is 2.28. The van der Waals surface area contributed by atoms with Gasteiger partial charge >= 0.3 is 0 Å². The van der Waals surface area contributed by atoms with Crippen LogP contribution < -0.4 is 10.1 Å². The van der Waals surface area contributed by atoms with Gasteiger partial charge in [-0.15, -0.1) is 0 Å². The van der Waals surface area contributed by atoms with E-state index in [0.717, 1.165) is 24.2 Å². The van der Waals surface area contributed by atoms with Gasteiger partial charge in [0.2, 0.25) is 5.91 Å². The van der Waals surface area contributed by atoms with E-state index in [1.165, 1.54) is 0 Å². The second-order valence-corrected chi connectivity index (χ2v) is 4.48. The molecule has 4 heteroatoms. The van der Waals surface area contributed by atoms with Crippen LogP contribution in [0.3, 0.4) is 0 Å². The summed E-state index contributed by atoms with van der Waals surface area (Å²) in [5.74, 6) is 1.27. The molecule has 0 saturated heterocycles. The van der Waals surface area contributed by atoms with Gasteiger partial charge in [0.05, 0.1) is 6.61 Å². The van der Waals surface area contributed by atoms with Crippen molar-refractivity contribution < 1.29 is 14.3 Å². The van der Waals surface area contributed by atoms with Gasteiger partial charge in [-0.05, 0) is 30.5 Å². The Kier molecular flexibility index (Phi) is 4.59. The largest absolute Gasteiger partial charge is 0.491 e. The van der Waals surface area contributed by atoms with E-state index in [9.17, 15) is 4.79 Å². The summed E-state index contributed by atoms with van der Waals surface area (Å²) in [6, 6.07) is 7.76. The summed E-state index contributed by atoms with van der Waals surface area (Å²) >= 11 is 0. The molecule has 4 nitrogen and oxygen atoms in total. The van der Waals surface area contributed by atoms with Crippen LogP contribution >= 0.6 is 0 Å². The molecule has 2 rings (SSSR count). The first-order valence-corrected chi connectivity index (χ1v) is 6.28. The van der Waals surface area contributed by atoms with Gasteiger partial charge in [0.1, 0.15) is 12.4 Å². The molecular weight excluding hydrogens is 230 g/mol. The number of nitrogens with one attached hydrogen (secondary N) is 1. The van der Waals surface area contributed by atoms with Crippen molar-refractivity contribution in [3.63, 3.8) is 0 Å². The smallest absolute Gasteiger partial charge is 0.223 e. The summed E-state index contributed by atoms with van der Waals surface area (Å²) in [4.78, 5) is 11.5. The van der Waals surface area contributed by atoms with Crippen LogP contribution in [-0.4, -0.2) is 26.2 Å². The molecule has 98 valence electrons. The fraction of sp³-hybridized carbons (Fsp3) is 0.500. The van der Waals surface area contributed by atoms with E-state index < -0.39 is 0 Å². The van der Waals surface area contributed by atoms with E-state index in [1.54, 1.807) is 7.11 Å². The van der Waals surface area contributed by atoms with Gasteiger partial charge in [-0.3, -0.25) is 4.79 Å². The van der Waals surface area contributed by atoms with Crippen LogP contribution in [0.25, 0.3) is 0 Å². The molecule has 0 aliphatic heterocycles. The van der Waals surface area contributed by atoms with E-state index in [-0.39, 0.29) is 11.8 Å². The summed E-state index contributed by atoms with van der Waals surface area (Å²) in [5, 5.41) is 2.93. The van der Waals surface area contributed by atoms with Gasteiger partial charge in [-0.1, -0.05) is 12.1 Å². The summed E-state index contributed by atoms with van der Waals surface area (Å²) in [6.07, 6.45) is 2.08. The number of carbonyl (C=O) groups is 1. The van der Waals surface area contributed by atoms with Gasteiger partial charge in [0.15, 0.2) is 0 Å². The van der Waals surface area contributed by atoms with E-state index in [1.807, 2.05) is 24.3 Å². The lowest BCUT2D eigenvalue weighted by molar-refractivity contribution is -0.122. The van der Waals surface area contributed by atoms with Gasteiger partial charge in [0.25, 0.3) is 0 Å². The number of carbonyl (C=O) groups excluding carboxylic acids is 1. The van der Waals surface area contributed by atoms with Crippen LogP contribution in [0.5, 0.6) is 5.75 Å². The first-order chi connectivity index (χ1) is 8.79. The van der Waals surface area contributed by atoms with Crippen LogP contribution in [0.1, 0.15) is 18.4 Å². The Bertz CT molecular complexity index is 385. The number of ether oxygens (including phenoxy) is 2. The van der Waals surface area contributed by atoms with Gasteiger partial charge in [-0.2, -0.15) is 0 Å². The molecule has 0 unspecified atom stereocenters. The van der Waals surface area contributed by atoms with Crippen molar-refractivity contribution >= 4 is 5.91 Å². The van der Waals surface area contributed by atoms with Crippen LogP contribution in [0.2, 0.25) is 0 Å². The summed E-state index contributed by atoms with van der Waals surface area (Å²) < 4.78 is 10.4. The second-order valence-electron chi connectivity index (χ2n) is 4.48. The van der Waals surface area contributed by atoms with Crippen molar-refractivity contribution in [1.82, 2.24) is 5.32 Å². The lowest BCUT2D eigenvalue weighted by Gasteiger charge is -2.07. The third kappa shape index (κ3) is 4.04. The third-order valence-electron chi connectivity index (χ3n) is 2.89. The Balaban J connectivity index is 1.74. The summed E-state index contributed by atoms with van der Waals surface area (Å²) in [5.41, 5.74) is 1.09. The zero-order valence-corrected chi connectivity index (χ0v) is 10.6. The molecule has 1 aliphatic carbocycles. The molecule has 0 radical (unpaired) electrons. The first kappa shape index (κ1) is 12.9. The Labute approximate surface area is 107 Å². The number of methoxy groups -OCH3 is 1. The standard InChI is InChI=1S/C14H19NO3/c1-17-8-9-18-13-6-2-11(3-7-13)10-15-14(16)12-4-5-12/h2-3,6-7,12H,4-5,8-10H2,1H3,(H,15,16). The van der Waals surface area contributed by atoms with E-state index >= 15 is 0 Å². The van der Waals surface area contributed by atoms with E-state index in [0.29, 0.717) is 19.8 Å². The SMILES string of the molecule is COCCOc1ccc(CNC(=O)C2CC2)cc1. The molecule has 1 saturated carbocycles. The molecule has 0 spiro atoms. The number of rotatable bonds is 7. The topological polar surface area (TPSA) is 47.6 Å². The lowest BCUT2D eigenvalue weighted by Crippen LogP contribution is -2.24. The highest BCUT2D eigenvalue weighted by Gasteiger charge is 2.29. The molecule has 1 N–H and O–H groups in total. The Hall–Kier alpha value is -1.55. The third-order valence-corrected chi connectivity index (χ3v) is 2.89. The Morgan fingerprint density at radius 2 is 2.00 bits per heavy atom. The fourth-order valence-corrected chi connectivity index (χ4v) is 1.63. The predicted octanol–water partition coefficient (Wildman–Crippen LogP) is 1.74. The van der Waals surface area contributed by atoms with Gasteiger partial charge in [-0.25, -0.2) is 0 Å². The fourth-order valence-electron chi connectivity index (χ4n) is 1.63. The van der Waals surface area contributed by atoms with Crippen molar-refractivity contribution in [2.24, 2.45) is 5.92 Å². The maximum atomic E-state index is 11.5. The highest BCUT2D eigenvalue weighted by atomic mass is 16.5. The van der Waals surface area contributed by atoms with Crippen molar-refractivity contribution in [1.29, 1.82) is 0 Å². The molecule has 1 aromatic carbocycles. The molecule has 1 aliphatic rings. The molecular formula is C14H19NO3. The Morgan fingerprint density at radius 1 is 1.28 bits per heavy atom. The number of amides is 1. The van der Waals surface area contributed by atoms with Crippen LogP contribution in [-0.2, 0) is 16.1 Å². The molecule has 0 aromatic heterocycles. The van der Waals surface area contributed by atoms with E-state index in [4.69, 9.17) is 9.47 Å². The molecule has 0 atom stereocenters. The zero-order valence-electron chi connectivity index (χ0n) is 10.6. The van der Waals surface area contributed by atoms with Crippen molar-refractivity contribution in [3.8, 4) is 5.75 Å². The van der Waals surface area contributed by atoms with Crippen molar-refractivity contribution in [2.45, 2.75) is 19.4 Å². The zero-order chi connectivity index (χ0) is 12.8. The minimum atomic E-state index is 0.176. The number of hydrogen-bond acceptors (Lipinski definition) is 3. The monoisotopic (exact) mass is 249 g/mol. The molecule has 1 aromatic rings. The second kappa shape index (κ2) is 6.40. The van der Waals surface area contributed by atoms with E-state index in [2.05, 4.69) is 5.32 Å². The van der Waals surface area contributed by atoms with Gasteiger partial charge < -0.3 is 14.8 Å². The van der Waals surface area contributed by atoms with Crippen molar-refractivity contribution in [3.05, 3.63) is 29.8 Å². The Morgan fingerprint density at radius 3 is 2.61 bits per heavy atom. The first-order valence-electron chi connectivity index (χ1n) is 6.28. The number of hydrogen-bond donors (Lipinski definition) is 1. The maximum Gasteiger partial charge on any atom is 0.223 e. The summed E-state index contributed by atoms with van der Waals surface area (Å²) in [7, 11) is 1.65. The predicted molar refractivity (Wildman–Crippen MR) is 68.4 cm³/mol. The molecule has 0 heterocycles.